The van der Waals surface area contributed by atoms with Gasteiger partial charge in [0.15, 0.2) is 0 Å². The van der Waals surface area contributed by atoms with Gasteiger partial charge >= 0.3 is 0 Å². The molecule has 1 aromatic carbocycles. The molecule has 0 bridgehead atoms. The molecule has 108 valence electrons. The third kappa shape index (κ3) is 4.35. The van der Waals surface area contributed by atoms with Gasteiger partial charge in [-0.25, -0.2) is 4.39 Å². The number of benzene rings is 1. The van der Waals surface area contributed by atoms with Crippen molar-refractivity contribution in [3.63, 3.8) is 0 Å². The molecule has 1 N–H and O–H groups in total. The maximum atomic E-state index is 13.1. The van der Waals surface area contributed by atoms with E-state index in [0.29, 0.717) is 6.61 Å². The minimum absolute atomic E-state index is 0.193. The summed E-state index contributed by atoms with van der Waals surface area (Å²) in [5.74, 6) is -0.193. The van der Waals surface area contributed by atoms with Gasteiger partial charge in [-0.05, 0) is 31.0 Å². The lowest BCUT2D eigenvalue weighted by Gasteiger charge is -2.13. The normalized spacial score (nSPS) is 12.3. The smallest absolute Gasteiger partial charge is 0.123 e. The zero-order valence-corrected chi connectivity index (χ0v) is 11.8. The first-order valence-corrected chi connectivity index (χ1v) is 6.70. The van der Waals surface area contributed by atoms with Crippen molar-refractivity contribution in [3.05, 3.63) is 48.0 Å². The predicted molar refractivity (Wildman–Crippen MR) is 77.3 cm³/mol. The van der Waals surface area contributed by atoms with E-state index in [4.69, 9.17) is 4.74 Å². The topological polar surface area (TPSA) is 39.1 Å². The van der Waals surface area contributed by atoms with Crippen LogP contribution in [0.3, 0.4) is 0 Å². The van der Waals surface area contributed by atoms with E-state index in [1.165, 1.54) is 6.07 Å². The quantitative estimate of drug-likeness (QED) is 0.845. The van der Waals surface area contributed by atoms with E-state index in [1.807, 2.05) is 16.9 Å². The summed E-state index contributed by atoms with van der Waals surface area (Å²) in [5.41, 5.74) is 1.95. The summed E-state index contributed by atoms with van der Waals surface area (Å²) in [6.07, 6.45) is 4.50. The van der Waals surface area contributed by atoms with Crippen LogP contribution in [-0.4, -0.2) is 29.5 Å². The highest BCUT2D eigenvalue weighted by Gasteiger charge is 2.06. The Morgan fingerprint density at radius 1 is 1.45 bits per heavy atom. The molecule has 4 nitrogen and oxygen atoms in total. The second-order valence-corrected chi connectivity index (χ2v) is 4.86. The van der Waals surface area contributed by atoms with E-state index >= 15 is 0 Å². The Balaban J connectivity index is 1.87. The molecule has 0 spiro atoms. The summed E-state index contributed by atoms with van der Waals surface area (Å²) in [4.78, 5) is 0. The van der Waals surface area contributed by atoms with Gasteiger partial charge in [0.25, 0.3) is 0 Å². The molecular formula is C15H20FN3O. The number of nitrogens with one attached hydrogen (secondary N) is 1. The van der Waals surface area contributed by atoms with Gasteiger partial charge in [-0.3, -0.25) is 4.68 Å². The van der Waals surface area contributed by atoms with Crippen molar-refractivity contribution in [2.75, 3.05) is 19.0 Å². The van der Waals surface area contributed by atoms with E-state index in [2.05, 4.69) is 17.3 Å². The third-order valence-corrected chi connectivity index (χ3v) is 3.00. The fourth-order valence-electron chi connectivity index (χ4n) is 2.10. The van der Waals surface area contributed by atoms with E-state index < -0.39 is 0 Å². The van der Waals surface area contributed by atoms with Gasteiger partial charge in [0.1, 0.15) is 5.82 Å². The Hall–Kier alpha value is -1.88. The summed E-state index contributed by atoms with van der Waals surface area (Å²) in [6.45, 7) is 3.44. The number of nitrogens with zero attached hydrogens (tertiary/aromatic N) is 2. The van der Waals surface area contributed by atoms with Crippen molar-refractivity contribution >= 4 is 5.69 Å². The van der Waals surface area contributed by atoms with Crippen LogP contribution in [0.5, 0.6) is 0 Å². The molecule has 2 aromatic rings. The molecule has 1 unspecified atom stereocenters. The van der Waals surface area contributed by atoms with Crippen LogP contribution in [0.1, 0.15) is 12.5 Å². The van der Waals surface area contributed by atoms with Gasteiger partial charge in [0, 0.05) is 19.3 Å². The van der Waals surface area contributed by atoms with Crippen molar-refractivity contribution in [1.29, 1.82) is 0 Å². The van der Waals surface area contributed by atoms with Gasteiger partial charge in [0.2, 0.25) is 0 Å². The monoisotopic (exact) mass is 277 g/mol. The molecular weight excluding hydrogens is 257 g/mol. The highest BCUT2D eigenvalue weighted by Crippen LogP contribution is 2.11. The van der Waals surface area contributed by atoms with E-state index in [0.717, 1.165) is 24.2 Å². The molecule has 0 amide bonds. The number of anilines is 1. The first-order valence-electron chi connectivity index (χ1n) is 6.70. The molecule has 1 heterocycles. The first-order chi connectivity index (χ1) is 9.67. The number of rotatable bonds is 7. The maximum Gasteiger partial charge on any atom is 0.123 e. The second kappa shape index (κ2) is 7.05. The lowest BCUT2D eigenvalue weighted by atomic mass is 10.1. The van der Waals surface area contributed by atoms with E-state index in [1.54, 1.807) is 25.4 Å². The molecule has 2 rings (SSSR count). The number of methoxy groups -OCH3 is 1. The molecule has 0 aliphatic heterocycles. The first kappa shape index (κ1) is 14.5. The van der Waals surface area contributed by atoms with Crippen LogP contribution in [0.25, 0.3) is 0 Å². The zero-order chi connectivity index (χ0) is 14.4. The largest absolute Gasteiger partial charge is 0.383 e. The molecule has 0 saturated carbocycles. The standard InChI is InChI=1S/C15H20FN3O/c1-12(8-13-4-3-5-14(16)9-13)18-15-10-17-19(11-15)6-7-20-2/h3-5,9-12,18H,6-8H2,1-2H3. The molecule has 0 radical (unpaired) electrons. The summed E-state index contributed by atoms with van der Waals surface area (Å²) >= 11 is 0. The summed E-state index contributed by atoms with van der Waals surface area (Å²) in [5, 5.41) is 7.60. The van der Waals surface area contributed by atoms with Crippen molar-refractivity contribution in [2.45, 2.75) is 25.9 Å². The fourth-order valence-corrected chi connectivity index (χ4v) is 2.10. The zero-order valence-electron chi connectivity index (χ0n) is 11.8. The maximum absolute atomic E-state index is 13.1. The number of aromatic nitrogens is 2. The van der Waals surface area contributed by atoms with Crippen LogP contribution in [0, 0.1) is 5.82 Å². The van der Waals surface area contributed by atoms with Gasteiger partial charge in [-0.1, -0.05) is 12.1 Å². The SMILES string of the molecule is COCCn1cc(NC(C)Cc2cccc(F)c2)cn1. The van der Waals surface area contributed by atoms with Crippen LogP contribution >= 0.6 is 0 Å². The van der Waals surface area contributed by atoms with Gasteiger partial charge in [-0.2, -0.15) is 5.10 Å². The van der Waals surface area contributed by atoms with Gasteiger partial charge in [0.05, 0.1) is 25.0 Å². The number of halogens is 1. The third-order valence-electron chi connectivity index (χ3n) is 3.00. The fraction of sp³-hybridized carbons (Fsp3) is 0.400. The highest BCUT2D eigenvalue weighted by molar-refractivity contribution is 5.39. The van der Waals surface area contributed by atoms with Crippen molar-refractivity contribution < 1.29 is 9.13 Å². The van der Waals surface area contributed by atoms with Crippen LogP contribution < -0.4 is 5.32 Å². The van der Waals surface area contributed by atoms with Crippen LogP contribution in [0.15, 0.2) is 36.7 Å². The summed E-state index contributed by atoms with van der Waals surface area (Å²) in [7, 11) is 1.67. The minimum Gasteiger partial charge on any atom is -0.383 e. The molecule has 20 heavy (non-hydrogen) atoms. The summed E-state index contributed by atoms with van der Waals surface area (Å²) in [6, 6.07) is 6.90. The lowest BCUT2D eigenvalue weighted by Crippen LogP contribution is -2.17. The number of ether oxygens (including phenoxy) is 1. The minimum atomic E-state index is -0.193. The predicted octanol–water partition coefficient (Wildman–Crippen LogP) is 2.71. The number of hydrogen-bond acceptors (Lipinski definition) is 3. The van der Waals surface area contributed by atoms with Crippen molar-refractivity contribution in [1.82, 2.24) is 9.78 Å². The highest BCUT2D eigenvalue weighted by atomic mass is 19.1. The molecule has 0 aliphatic carbocycles. The molecule has 1 atom stereocenters. The summed E-state index contributed by atoms with van der Waals surface area (Å²) < 4.78 is 20.0. The van der Waals surface area contributed by atoms with Crippen LogP contribution in [-0.2, 0) is 17.7 Å². The Labute approximate surface area is 118 Å². The molecule has 0 aliphatic rings. The average Bonchev–Trinajstić information content (AvgIpc) is 2.83. The van der Waals surface area contributed by atoms with Gasteiger partial charge in [-0.15, -0.1) is 0 Å². The van der Waals surface area contributed by atoms with E-state index in [9.17, 15) is 4.39 Å². The Morgan fingerprint density at radius 2 is 2.30 bits per heavy atom. The van der Waals surface area contributed by atoms with Crippen molar-refractivity contribution in [2.24, 2.45) is 0 Å². The second-order valence-electron chi connectivity index (χ2n) is 4.86. The van der Waals surface area contributed by atoms with Gasteiger partial charge < -0.3 is 10.1 Å². The lowest BCUT2D eigenvalue weighted by molar-refractivity contribution is 0.183. The Kier molecular flexibility index (Phi) is 5.12. The Bertz CT molecular complexity index is 541. The Morgan fingerprint density at radius 3 is 3.05 bits per heavy atom. The molecule has 0 fully saturated rings. The number of hydrogen-bond donors (Lipinski definition) is 1. The average molecular weight is 277 g/mol. The van der Waals surface area contributed by atoms with Crippen LogP contribution in [0.2, 0.25) is 0 Å². The van der Waals surface area contributed by atoms with Crippen LogP contribution in [0.4, 0.5) is 10.1 Å². The molecule has 5 heteroatoms. The molecule has 0 saturated heterocycles. The van der Waals surface area contributed by atoms with E-state index in [-0.39, 0.29) is 11.9 Å². The molecule has 1 aromatic heterocycles. The van der Waals surface area contributed by atoms with Crippen molar-refractivity contribution in [3.8, 4) is 0 Å².